The van der Waals surface area contributed by atoms with Crippen molar-refractivity contribution in [3.63, 3.8) is 0 Å². The van der Waals surface area contributed by atoms with Gasteiger partial charge >= 0.3 is 12.0 Å². The highest BCUT2D eigenvalue weighted by molar-refractivity contribution is 6.35. The monoisotopic (exact) mass is 472 g/mol. The minimum absolute atomic E-state index is 0.246. The summed E-state index contributed by atoms with van der Waals surface area (Å²) < 4.78 is 5.29. The van der Waals surface area contributed by atoms with E-state index in [0.29, 0.717) is 40.9 Å². The molecule has 0 fully saturated rings. The van der Waals surface area contributed by atoms with E-state index in [9.17, 15) is 9.90 Å². The number of methoxy groups -OCH3 is 1. The van der Waals surface area contributed by atoms with Crippen LogP contribution in [0.4, 0.5) is 11.5 Å². The molecule has 7 nitrogen and oxygen atoms in total. The van der Waals surface area contributed by atoms with Crippen molar-refractivity contribution < 1.29 is 14.6 Å². The Morgan fingerprint density at radius 1 is 1.22 bits per heavy atom. The van der Waals surface area contributed by atoms with Gasteiger partial charge in [0.2, 0.25) is 0 Å². The number of carbonyl (C=O) groups is 1. The zero-order chi connectivity index (χ0) is 22.8. The quantitative estimate of drug-likeness (QED) is 0.520. The maximum atomic E-state index is 11.5. The zero-order valence-corrected chi connectivity index (χ0v) is 19.1. The van der Waals surface area contributed by atoms with Gasteiger partial charge in [-0.2, -0.15) is 9.97 Å². The molecule has 2 N–H and O–H groups in total. The highest BCUT2D eigenvalue weighted by atomic mass is 35.5. The van der Waals surface area contributed by atoms with Crippen molar-refractivity contribution in [1.82, 2.24) is 9.97 Å². The third-order valence-corrected chi connectivity index (χ3v) is 6.11. The highest BCUT2D eigenvalue weighted by Gasteiger charge is 2.32. The number of hydrogen-bond donors (Lipinski definition) is 2. The van der Waals surface area contributed by atoms with Crippen LogP contribution >= 0.6 is 23.2 Å². The number of anilines is 2. The summed E-state index contributed by atoms with van der Waals surface area (Å²) in [5.41, 5.74) is 4.43. The maximum Gasteiger partial charge on any atom is 0.326 e. The standard InChI is InChI=1S/C23H22Cl2N4O3/c1-29-19-6-4-14(9-15(19)10-20(29)22(30)31)18-12-21(28-23(27-18)32-2)26-8-7-13-3-5-16(24)11-17(13)25/h3-6,9,11-12,20H,7-8,10H2,1-2H3,(H,30,31)(H,26,27,28). The first-order valence-corrected chi connectivity index (χ1v) is 10.8. The summed E-state index contributed by atoms with van der Waals surface area (Å²) >= 11 is 12.2. The number of hydrogen-bond acceptors (Lipinski definition) is 6. The lowest BCUT2D eigenvalue weighted by Gasteiger charge is -2.18. The molecule has 9 heteroatoms. The second kappa shape index (κ2) is 9.22. The van der Waals surface area contributed by atoms with Crippen LogP contribution in [0, 0.1) is 0 Å². The molecule has 32 heavy (non-hydrogen) atoms. The van der Waals surface area contributed by atoms with Gasteiger partial charge in [0.05, 0.1) is 12.8 Å². The van der Waals surface area contributed by atoms with E-state index in [1.165, 1.54) is 7.11 Å². The van der Waals surface area contributed by atoms with Crippen LogP contribution in [0.1, 0.15) is 11.1 Å². The number of aliphatic carboxylic acids is 1. The molecule has 3 aromatic rings. The summed E-state index contributed by atoms with van der Waals surface area (Å²) in [6.45, 7) is 0.607. The van der Waals surface area contributed by atoms with E-state index < -0.39 is 12.0 Å². The first-order valence-electron chi connectivity index (χ1n) is 10.1. The van der Waals surface area contributed by atoms with Crippen LogP contribution in [0.2, 0.25) is 10.0 Å². The molecule has 0 saturated heterocycles. The van der Waals surface area contributed by atoms with Crippen LogP contribution in [0.3, 0.4) is 0 Å². The number of nitrogens with zero attached hydrogens (tertiary/aromatic N) is 3. The molecule has 1 aromatic heterocycles. The molecular formula is C23H22Cl2N4O3. The van der Waals surface area contributed by atoms with Crippen LogP contribution in [0.25, 0.3) is 11.3 Å². The molecule has 2 aromatic carbocycles. The van der Waals surface area contributed by atoms with Crippen molar-refractivity contribution in [1.29, 1.82) is 0 Å². The highest BCUT2D eigenvalue weighted by Crippen LogP contribution is 2.35. The summed E-state index contributed by atoms with van der Waals surface area (Å²) in [7, 11) is 3.32. The number of carboxylic acids is 1. The SMILES string of the molecule is COc1nc(NCCc2ccc(Cl)cc2Cl)cc(-c2ccc3c(c2)CC(C(=O)O)N3C)n1. The molecule has 0 aliphatic carbocycles. The van der Waals surface area contributed by atoms with Crippen molar-refractivity contribution >= 4 is 40.7 Å². The Kier molecular flexibility index (Phi) is 6.39. The lowest BCUT2D eigenvalue weighted by atomic mass is 10.0. The molecular weight excluding hydrogens is 451 g/mol. The average molecular weight is 473 g/mol. The third-order valence-electron chi connectivity index (χ3n) is 5.52. The van der Waals surface area contributed by atoms with E-state index in [4.69, 9.17) is 27.9 Å². The van der Waals surface area contributed by atoms with Gasteiger partial charge in [-0.25, -0.2) is 4.79 Å². The number of benzene rings is 2. The summed E-state index contributed by atoms with van der Waals surface area (Å²) in [4.78, 5) is 22.1. The van der Waals surface area contributed by atoms with Crippen LogP contribution in [-0.4, -0.2) is 47.8 Å². The van der Waals surface area contributed by atoms with E-state index in [1.54, 1.807) is 18.0 Å². The normalized spacial score (nSPS) is 14.9. The average Bonchev–Trinajstić information content (AvgIpc) is 3.11. The Balaban J connectivity index is 1.54. The lowest BCUT2D eigenvalue weighted by Crippen LogP contribution is -2.35. The summed E-state index contributed by atoms with van der Waals surface area (Å²) in [5, 5.41) is 14.0. The molecule has 166 valence electrons. The van der Waals surface area contributed by atoms with Crippen molar-refractivity contribution in [2.24, 2.45) is 0 Å². The molecule has 0 amide bonds. The number of ether oxygens (including phenoxy) is 1. The van der Waals surface area contributed by atoms with Crippen molar-refractivity contribution in [3.8, 4) is 17.3 Å². The van der Waals surface area contributed by atoms with Gasteiger partial charge in [-0.15, -0.1) is 0 Å². The minimum Gasteiger partial charge on any atom is -0.480 e. The Labute approximate surface area is 196 Å². The predicted molar refractivity (Wildman–Crippen MR) is 126 cm³/mol. The number of likely N-dealkylation sites (N-methyl/N-ethyl adjacent to an activating group) is 1. The topological polar surface area (TPSA) is 87.6 Å². The van der Waals surface area contributed by atoms with Gasteiger partial charge in [-0.05, 0) is 41.8 Å². The second-order valence-corrected chi connectivity index (χ2v) is 8.39. The van der Waals surface area contributed by atoms with E-state index >= 15 is 0 Å². The Morgan fingerprint density at radius 3 is 2.75 bits per heavy atom. The largest absolute Gasteiger partial charge is 0.480 e. The molecule has 4 rings (SSSR count). The molecule has 1 aliphatic heterocycles. The van der Waals surface area contributed by atoms with Gasteiger partial charge in [-0.3, -0.25) is 0 Å². The van der Waals surface area contributed by atoms with E-state index in [-0.39, 0.29) is 6.01 Å². The molecule has 0 spiro atoms. The molecule has 2 heterocycles. The van der Waals surface area contributed by atoms with E-state index in [2.05, 4.69) is 15.3 Å². The first kappa shape index (κ1) is 22.2. The van der Waals surface area contributed by atoms with Crippen molar-refractivity contribution in [2.45, 2.75) is 18.9 Å². The summed E-state index contributed by atoms with van der Waals surface area (Å²) in [6, 6.07) is 12.8. The molecule has 1 unspecified atom stereocenters. The van der Waals surface area contributed by atoms with Gasteiger partial charge in [-0.1, -0.05) is 35.3 Å². The van der Waals surface area contributed by atoms with Gasteiger partial charge < -0.3 is 20.1 Å². The minimum atomic E-state index is -0.832. The van der Waals surface area contributed by atoms with E-state index in [1.807, 2.05) is 36.4 Å². The number of aromatic nitrogens is 2. The Bertz CT molecular complexity index is 1170. The molecule has 1 atom stereocenters. The molecule has 0 radical (unpaired) electrons. The summed E-state index contributed by atoms with van der Waals surface area (Å²) in [5.74, 6) is -0.209. The van der Waals surface area contributed by atoms with Gasteiger partial charge in [0.25, 0.3) is 0 Å². The fourth-order valence-corrected chi connectivity index (χ4v) is 4.33. The van der Waals surface area contributed by atoms with Crippen LogP contribution in [0.5, 0.6) is 6.01 Å². The van der Waals surface area contributed by atoms with Crippen LogP contribution in [0.15, 0.2) is 42.5 Å². The molecule has 1 aliphatic rings. The molecule has 0 saturated carbocycles. The van der Waals surface area contributed by atoms with Crippen molar-refractivity contribution in [3.05, 3.63) is 63.6 Å². The molecule has 0 bridgehead atoms. The fraction of sp³-hybridized carbons (Fsp3) is 0.261. The van der Waals surface area contributed by atoms with Gasteiger partial charge in [0.1, 0.15) is 11.9 Å². The summed E-state index contributed by atoms with van der Waals surface area (Å²) in [6.07, 6.45) is 1.14. The third kappa shape index (κ3) is 4.59. The predicted octanol–water partition coefficient (Wildman–Crippen LogP) is 4.56. The van der Waals surface area contributed by atoms with Gasteiger partial charge in [0, 0.05) is 47.4 Å². The zero-order valence-electron chi connectivity index (χ0n) is 17.6. The Morgan fingerprint density at radius 2 is 2.03 bits per heavy atom. The van der Waals surface area contributed by atoms with Crippen LogP contribution in [-0.2, 0) is 17.6 Å². The van der Waals surface area contributed by atoms with E-state index in [0.717, 1.165) is 22.4 Å². The van der Waals surface area contributed by atoms with Crippen LogP contribution < -0.4 is 15.0 Å². The second-order valence-electron chi connectivity index (χ2n) is 7.55. The smallest absolute Gasteiger partial charge is 0.326 e. The van der Waals surface area contributed by atoms with Gasteiger partial charge in [0.15, 0.2) is 0 Å². The first-order chi connectivity index (χ1) is 15.4. The Hall–Kier alpha value is -3.03. The fourth-order valence-electron chi connectivity index (χ4n) is 3.82. The van der Waals surface area contributed by atoms with Crippen molar-refractivity contribution in [2.75, 3.05) is 30.9 Å². The number of nitrogens with one attached hydrogen (secondary N) is 1. The number of rotatable bonds is 7. The maximum absolute atomic E-state index is 11.5. The number of carboxylic acid groups (broad SMARTS) is 1. The number of fused-ring (bicyclic) bond motifs is 1. The lowest BCUT2D eigenvalue weighted by molar-refractivity contribution is -0.138. The number of halogens is 2.